The molecule has 1 amide bonds. The Morgan fingerprint density at radius 3 is 2.68 bits per heavy atom. The molecule has 114 valence electrons. The molecule has 0 spiro atoms. The third-order valence-corrected chi connectivity index (χ3v) is 3.21. The summed E-state index contributed by atoms with van der Waals surface area (Å²) in [5, 5.41) is 4.04. The van der Waals surface area contributed by atoms with Gasteiger partial charge in [-0.2, -0.15) is 5.10 Å². The summed E-state index contributed by atoms with van der Waals surface area (Å²) in [6.07, 6.45) is 1.56. The lowest BCUT2D eigenvalue weighted by atomic mass is 10.1. The van der Waals surface area contributed by atoms with Crippen molar-refractivity contribution in [2.45, 2.75) is 6.42 Å². The highest BCUT2D eigenvalue weighted by Crippen LogP contribution is 2.15. The molecule has 2 rings (SSSR count). The first-order valence-corrected chi connectivity index (χ1v) is 6.86. The molecule has 2 aromatic rings. The Labute approximate surface area is 132 Å². The van der Waals surface area contributed by atoms with E-state index in [1.54, 1.807) is 31.4 Å². The van der Waals surface area contributed by atoms with Crippen molar-refractivity contribution in [2.75, 3.05) is 7.11 Å². The highest BCUT2D eigenvalue weighted by Gasteiger charge is 2.03. The van der Waals surface area contributed by atoms with Crippen molar-refractivity contribution in [3.05, 3.63) is 64.4 Å². The summed E-state index contributed by atoms with van der Waals surface area (Å²) in [6.45, 7) is 0. The van der Waals surface area contributed by atoms with E-state index < -0.39 is 5.82 Å². The van der Waals surface area contributed by atoms with Crippen LogP contribution in [0.3, 0.4) is 0 Å². The number of methoxy groups -OCH3 is 1. The zero-order valence-electron chi connectivity index (χ0n) is 11.8. The Morgan fingerprint density at radius 1 is 1.32 bits per heavy atom. The topological polar surface area (TPSA) is 50.7 Å². The second-order valence-corrected chi connectivity index (χ2v) is 4.89. The molecule has 0 radical (unpaired) electrons. The number of hydrazone groups is 1. The quantitative estimate of drug-likeness (QED) is 0.679. The van der Waals surface area contributed by atoms with Gasteiger partial charge in [0, 0.05) is 5.56 Å². The molecule has 0 atom stereocenters. The predicted molar refractivity (Wildman–Crippen MR) is 83.8 cm³/mol. The Hall–Kier alpha value is -2.40. The summed E-state index contributed by atoms with van der Waals surface area (Å²) in [5.74, 6) is 0.0403. The summed E-state index contributed by atoms with van der Waals surface area (Å²) >= 11 is 5.85. The van der Waals surface area contributed by atoms with Crippen LogP contribution in [0, 0.1) is 5.82 Å². The lowest BCUT2D eigenvalue weighted by molar-refractivity contribution is -0.120. The van der Waals surface area contributed by atoms with Crippen molar-refractivity contribution in [2.24, 2.45) is 5.10 Å². The molecule has 0 saturated heterocycles. The Morgan fingerprint density at radius 2 is 2.05 bits per heavy atom. The van der Waals surface area contributed by atoms with Crippen LogP contribution in [0.2, 0.25) is 5.02 Å². The first kappa shape index (κ1) is 16.0. The van der Waals surface area contributed by atoms with Crippen molar-refractivity contribution in [3.8, 4) is 5.75 Å². The molecular weight excluding hydrogens is 307 g/mol. The van der Waals surface area contributed by atoms with Crippen molar-refractivity contribution in [3.63, 3.8) is 0 Å². The summed E-state index contributed by atoms with van der Waals surface area (Å²) in [6, 6.07) is 11.1. The number of nitrogens with zero attached hydrogens (tertiary/aromatic N) is 1. The Kier molecular flexibility index (Phi) is 5.49. The van der Waals surface area contributed by atoms with Gasteiger partial charge in [-0.1, -0.05) is 23.7 Å². The molecule has 6 heteroatoms. The van der Waals surface area contributed by atoms with Gasteiger partial charge in [-0.05, 0) is 35.9 Å². The van der Waals surface area contributed by atoms with E-state index >= 15 is 0 Å². The number of carbonyl (C=O) groups excluding carboxylic acids is 1. The minimum absolute atomic E-state index is 0.193. The van der Waals surface area contributed by atoms with E-state index in [1.165, 1.54) is 24.4 Å². The first-order valence-electron chi connectivity index (χ1n) is 6.48. The number of amides is 1. The fourth-order valence-corrected chi connectivity index (χ4v) is 1.96. The number of hydrogen-bond donors (Lipinski definition) is 1. The van der Waals surface area contributed by atoms with Gasteiger partial charge in [-0.25, -0.2) is 9.82 Å². The molecule has 0 aliphatic heterocycles. The van der Waals surface area contributed by atoms with Gasteiger partial charge in [0.1, 0.15) is 11.6 Å². The van der Waals surface area contributed by atoms with Gasteiger partial charge in [-0.3, -0.25) is 4.79 Å². The van der Waals surface area contributed by atoms with Crippen LogP contribution in [0.5, 0.6) is 5.75 Å². The van der Waals surface area contributed by atoms with E-state index in [0.29, 0.717) is 5.56 Å². The molecule has 0 aromatic heterocycles. The summed E-state index contributed by atoms with van der Waals surface area (Å²) in [5.41, 5.74) is 3.76. The van der Waals surface area contributed by atoms with Crippen molar-refractivity contribution < 1.29 is 13.9 Å². The predicted octanol–water partition coefficient (Wildman–Crippen LogP) is 3.18. The maximum absolute atomic E-state index is 12.9. The number of rotatable bonds is 5. The van der Waals surface area contributed by atoms with Crippen LogP contribution in [0.15, 0.2) is 47.6 Å². The molecule has 0 bridgehead atoms. The van der Waals surface area contributed by atoms with Crippen LogP contribution in [-0.2, 0) is 11.2 Å². The molecule has 0 heterocycles. The van der Waals surface area contributed by atoms with E-state index in [2.05, 4.69) is 10.5 Å². The van der Waals surface area contributed by atoms with Gasteiger partial charge in [-0.15, -0.1) is 0 Å². The number of hydrogen-bond acceptors (Lipinski definition) is 3. The van der Waals surface area contributed by atoms with Crippen LogP contribution < -0.4 is 10.2 Å². The number of ether oxygens (including phenoxy) is 1. The van der Waals surface area contributed by atoms with E-state index in [-0.39, 0.29) is 17.4 Å². The number of carbonyl (C=O) groups is 1. The van der Waals surface area contributed by atoms with E-state index in [9.17, 15) is 9.18 Å². The molecule has 0 unspecified atom stereocenters. The van der Waals surface area contributed by atoms with Crippen LogP contribution in [0.4, 0.5) is 4.39 Å². The summed E-state index contributed by atoms with van der Waals surface area (Å²) in [4.78, 5) is 11.7. The van der Waals surface area contributed by atoms with Gasteiger partial charge < -0.3 is 4.74 Å². The standard InChI is InChI=1S/C16H14ClFN2O2/c1-22-14-6-2-11(3-7-14)8-16(21)20-19-10-12-4-5-13(18)9-15(12)17/h2-7,9-10H,8H2,1H3,(H,20,21)/b19-10+. The fraction of sp³-hybridized carbons (Fsp3) is 0.125. The molecule has 22 heavy (non-hydrogen) atoms. The lowest BCUT2D eigenvalue weighted by Gasteiger charge is -2.03. The van der Waals surface area contributed by atoms with E-state index in [4.69, 9.17) is 16.3 Å². The van der Waals surface area contributed by atoms with Crippen molar-refractivity contribution >= 4 is 23.7 Å². The molecule has 1 N–H and O–H groups in total. The monoisotopic (exact) mass is 320 g/mol. The summed E-state index contributed by atoms with van der Waals surface area (Å²) in [7, 11) is 1.58. The molecule has 4 nitrogen and oxygen atoms in total. The smallest absolute Gasteiger partial charge is 0.244 e. The minimum atomic E-state index is -0.425. The molecule has 2 aromatic carbocycles. The second-order valence-electron chi connectivity index (χ2n) is 4.48. The average Bonchev–Trinajstić information content (AvgIpc) is 2.50. The Bertz CT molecular complexity index is 687. The van der Waals surface area contributed by atoms with E-state index in [0.717, 1.165) is 11.3 Å². The van der Waals surface area contributed by atoms with Crippen LogP contribution in [-0.4, -0.2) is 19.2 Å². The third-order valence-electron chi connectivity index (χ3n) is 2.88. The lowest BCUT2D eigenvalue weighted by Crippen LogP contribution is -2.19. The largest absolute Gasteiger partial charge is 0.497 e. The molecule has 0 aliphatic carbocycles. The summed E-state index contributed by atoms with van der Waals surface area (Å²) < 4.78 is 17.9. The van der Waals surface area contributed by atoms with Crippen LogP contribution in [0.1, 0.15) is 11.1 Å². The van der Waals surface area contributed by atoms with E-state index in [1.807, 2.05) is 0 Å². The molecule has 0 aliphatic rings. The van der Waals surface area contributed by atoms with Crippen LogP contribution in [0.25, 0.3) is 0 Å². The maximum atomic E-state index is 12.9. The van der Waals surface area contributed by atoms with Crippen LogP contribution >= 0.6 is 11.6 Å². The number of nitrogens with one attached hydrogen (secondary N) is 1. The average molecular weight is 321 g/mol. The zero-order chi connectivity index (χ0) is 15.9. The van der Waals surface area contributed by atoms with Crippen molar-refractivity contribution in [1.29, 1.82) is 0 Å². The molecular formula is C16H14ClFN2O2. The van der Waals surface area contributed by atoms with Gasteiger partial charge in [0.25, 0.3) is 0 Å². The van der Waals surface area contributed by atoms with Gasteiger partial charge in [0.15, 0.2) is 0 Å². The Balaban J connectivity index is 1.90. The van der Waals surface area contributed by atoms with Gasteiger partial charge >= 0.3 is 0 Å². The number of benzene rings is 2. The van der Waals surface area contributed by atoms with Gasteiger partial charge in [0.05, 0.1) is 24.8 Å². The zero-order valence-corrected chi connectivity index (χ0v) is 12.6. The van der Waals surface area contributed by atoms with Crippen molar-refractivity contribution in [1.82, 2.24) is 5.43 Å². The SMILES string of the molecule is COc1ccc(CC(=O)N/N=C/c2ccc(F)cc2Cl)cc1. The molecule has 0 saturated carbocycles. The minimum Gasteiger partial charge on any atom is -0.497 e. The maximum Gasteiger partial charge on any atom is 0.244 e. The third kappa shape index (κ3) is 4.56. The highest BCUT2D eigenvalue weighted by molar-refractivity contribution is 6.33. The normalized spacial score (nSPS) is 10.7. The molecule has 0 fully saturated rings. The number of halogens is 2. The fourth-order valence-electron chi connectivity index (χ4n) is 1.75. The highest BCUT2D eigenvalue weighted by atomic mass is 35.5. The second kappa shape index (κ2) is 7.56. The van der Waals surface area contributed by atoms with Gasteiger partial charge in [0.2, 0.25) is 5.91 Å². The first-order chi connectivity index (χ1) is 10.6.